The van der Waals surface area contributed by atoms with Gasteiger partial charge in [-0.25, -0.2) is 0 Å². The smallest absolute Gasteiger partial charge is 0.226 e. The molecule has 2 N–H and O–H groups in total. The second-order valence-corrected chi connectivity index (χ2v) is 6.82. The quantitative estimate of drug-likeness (QED) is 0.891. The van der Waals surface area contributed by atoms with Gasteiger partial charge < -0.3 is 10.3 Å². The van der Waals surface area contributed by atoms with Crippen LogP contribution in [0.15, 0.2) is 4.52 Å². The first kappa shape index (κ1) is 12.2. The van der Waals surface area contributed by atoms with Crippen molar-refractivity contribution in [3.05, 3.63) is 11.7 Å². The maximum Gasteiger partial charge on any atom is 0.226 e. The fourth-order valence-corrected chi connectivity index (χ4v) is 3.51. The number of hydrogen-bond donors (Lipinski definition) is 1. The summed E-state index contributed by atoms with van der Waals surface area (Å²) in [6, 6.07) is 0. The molecule has 0 radical (unpaired) electrons. The fraction of sp³-hybridized carbons (Fsp3) is 0.857. The molecule has 18 heavy (non-hydrogen) atoms. The lowest BCUT2D eigenvalue weighted by Gasteiger charge is -2.17. The van der Waals surface area contributed by atoms with E-state index in [0.29, 0.717) is 5.92 Å². The molecule has 0 amide bonds. The second kappa shape index (κ2) is 4.34. The maximum atomic E-state index is 5.97. The molecule has 3 rings (SSSR count). The van der Waals surface area contributed by atoms with Gasteiger partial charge in [0.25, 0.3) is 0 Å². The van der Waals surface area contributed by atoms with Crippen molar-refractivity contribution in [2.24, 2.45) is 17.6 Å². The van der Waals surface area contributed by atoms with Crippen LogP contribution in [-0.4, -0.2) is 15.7 Å². The Labute approximate surface area is 108 Å². The zero-order valence-corrected chi connectivity index (χ0v) is 11.4. The van der Waals surface area contributed by atoms with Crippen LogP contribution in [0, 0.1) is 11.8 Å². The van der Waals surface area contributed by atoms with Crippen molar-refractivity contribution in [1.29, 1.82) is 0 Å². The van der Waals surface area contributed by atoms with E-state index in [9.17, 15) is 0 Å². The van der Waals surface area contributed by atoms with E-state index in [4.69, 9.17) is 10.3 Å². The number of aryl methyl sites for hydroxylation is 1. The van der Waals surface area contributed by atoms with Crippen molar-refractivity contribution < 1.29 is 4.52 Å². The molecule has 0 spiro atoms. The lowest BCUT2D eigenvalue weighted by Crippen LogP contribution is -2.32. The Balaban J connectivity index is 1.63. The molecular weight excluding hydrogens is 226 g/mol. The summed E-state index contributed by atoms with van der Waals surface area (Å²) in [5, 5.41) is 4.19. The summed E-state index contributed by atoms with van der Waals surface area (Å²) in [7, 11) is 0. The van der Waals surface area contributed by atoms with Gasteiger partial charge in [-0.3, -0.25) is 0 Å². The molecule has 0 aliphatic heterocycles. The highest BCUT2D eigenvalue weighted by molar-refractivity contribution is 5.06. The number of hydrogen-bond acceptors (Lipinski definition) is 4. The van der Waals surface area contributed by atoms with Crippen molar-refractivity contribution in [1.82, 2.24) is 10.1 Å². The van der Waals surface area contributed by atoms with Crippen LogP contribution < -0.4 is 5.73 Å². The van der Waals surface area contributed by atoms with Crippen molar-refractivity contribution in [3.63, 3.8) is 0 Å². The average Bonchev–Trinajstić information content (AvgIpc) is 3.01. The normalized spacial score (nSPS) is 31.2. The predicted octanol–water partition coefficient (Wildman–Crippen LogP) is 2.64. The predicted molar refractivity (Wildman–Crippen MR) is 69.1 cm³/mol. The van der Waals surface area contributed by atoms with Crippen LogP contribution in [0.1, 0.15) is 63.6 Å². The van der Waals surface area contributed by atoms with Crippen molar-refractivity contribution >= 4 is 0 Å². The minimum Gasteiger partial charge on any atom is -0.339 e. The van der Waals surface area contributed by atoms with Crippen molar-refractivity contribution in [2.75, 3.05) is 0 Å². The highest BCUT2D eigenvalue weighted by Gasteiger charge is 2.42. The van der Waals surface area contributed by atoms with Crippen LogP contribution in [0.4, 0.5) is 0 Å². The van der Waals surface area contributed by atoms with Gasteiger partial charge in [-0.05, 0) is 51.4 Å². The summed E-state index contributed by atoms with van der Waals surface area (Å²) in [5.41, 5.74) is 5.81. The first-order chi connectivity index (χ1) is 8.51. The molecule has 1 heterocycles. The zero-order valence-electron chi connectivity index (χ0n) is 11.4. The lowest BCUT2D eigenvalue weighted by atomic mass is 9.88. The van der Waals surface area contributed by atoms with E-state index in [0.717, 1.165) is 36.4 Å². The molecule has 3 atom stereocenters. The zero-order chi connectivity index (χ0) is 12.8. The van der Waals surface area contributed by atoms with Crippen LogP contribution in [0.25, 0.3) is 0 Å². The molecule has 3 unspecified atom stereocenters. The number of nitrogens with two attached hydrogens (primary N) is 1. The minimum absolute atomic E-state index is 0.166. The third-order valence-electron chi connectivity index (χ3n) is 4.54. The van der Waals surface area contributed by atoms with Gasteiger partial charge in [-0.2, -0.15) is 4.98 Å². The van der Waals surface area contributed by atoms with Crippen LogP contribution >= 0.6 is 0 Å². The third-order valence-corrected chi connectivity index (χ3v) is 4.54. The molecule has 2 saturated carbocycles. The Hall–Kier alpha value is -0.900. The molecule has 100 valence electrons. The van der Waals surface area contributed by atoms with Gasteiger partial charge in [0.1, 0.15) is 0 Å². The Morgan fingerprint density at radius 1 is 1.33 bits per heavy atom. The number of rotatable bonds is 4. The van der Waals surface area contributed by atoms with E-state index < -0.39 is 0 Å². The van der Waals surface area contributed by atoms with Crippen LogP contribution in [0.5, 0.6) is 0 Å². The van der Waals surface area contributed by atoms with Gasteiger partial charge in [-0.15, -0.1) is 0 Å². The standard InChI is InChI=1S/C14H23N3O/c1-14(2,15)6-5-12-16-13(17-18-12)11-8-9-3-4-10(11)7-9/h9-11H,3-8,15H2,1-2H3. The summed E-state index contributed by atoms with van der Waals surface area (Å²) in [6.07, 6.45) is 7.08. The van der Waals surface area contributed by atoms with E-state index in [1.807, 2.05) is 13.8 Å². The Morgan fingerprint density at radius 3 is 2.78 bits per heavy atom. The molecule has 1 aromatic heterocycles. The molecule has 0 saturated heterocycles. The van der Waals surface area contributed by atoms with E-state index >= 15 is 0 Å². The molecule has 4 heteroatoms. The summed E-state index contributed by atoms with van der Waals surface area (Å²) in [4.78, 5) is 4.58. The summed E-state index contributed by atoms with van der Waals surface area (Å²) >= 11 is 0. The molecule has 2 bridgehead atoms. The maximum absolute atomic E-state index is 5.97. The van der Waals surface area contributed by atoms with E-state index in [1.54, 1.807) is 0 Å². The summed E-state index contributed by atoms with van der Waals surface area (Å²) in [5.74, 6) is 4.00. The van der Waals surface area contributed by atoms with Crippen LogP contribution in [0.3, 0.4) is 0 Å². The highest BCUT2D eigenvalue weighted by Crippen LogP contribution is 2.52. The number of fused-ring (bicyclic) bond motifs is 2. The van der Waals surface area contributed by atoms with Gasteiger partial charge in [-0.1, -0.05) is 11.6 Å². The Morgan fingerprint density at radius 2 is 2.17 bits per heavy atom. The molecule has 2 fully saturated rings. The van der Waals surface area contributed by atoms with Gasteiger partial charge in [0.05, 0.1) is 0 Å². The lowest BCUT2D eigenvalue weighted by molar-refractivity contribution is 0.341. The fourth-order valence-electron chi connectivity index (χ4n) is 3.51. The molecule has 2 aliphatic carbocycles. The minimum atomic E-state index is -0.166. The van der Waals surface area contributed by atoms with Crippen LogP contribution in [-0.2, 0) is 6.42 Å². The molecular formula is C14H23N3O. The molecule has 0 aromatic carbocycles. The van der Waals surface area contributed by atoms with Gasteiger partial charge in [0, 0.05) is 17.9 Å². The molecule has 2 aliphatic rings. The second-order valence-electron chi connectivity index (χ2n) is 6.82. The highest BCUT2D eigenvalue weighted by atomic mass is 16.5. The van der Waals surface area contributed by atoms with Crippen LogP contribution in [0.2, 0.25) is 0 Å². The monoisotopic (exact) mass is 249 g/mol. The van der Waals surface area contributed by atoms with Crippen molar-refractivity contribution in [2.45, 2.75) is 63.8 Å². The topological polar surface area (TPSA) is 64.9 Å². The average molecular weight is 249 g/mol. The van der Waals surface area contributed by atoms with Gasteiger partial charge in [0.15, 0.2) is 5.82 Å². The Kier molecular flexibility index (Phi) is 2.93. The van der Waals surface area contributed by atoms with Gasteiger partial charge >= 0.3 is 0 Å². The summed E-state index contributed by atoms with van der Waals surface area (Å²) in [6.45, 7) is 4.06. The number of nitrogens with zero attached hydrogens (tertiary/aromatic N) is 2. The molecule has 1 aromatic rings. The SMILES string of the molecule is CC(C)(N)CCc1nc(C2CC3CCC2C3)no1. The van der Waals surface area contributed by atoms with E-state index in [2.05, 4.69) is 10.1 Å². The largest absolute Gasteiger partial charge is 0.339 e. The van der Waals surface area contributed by atoms with Gasteiger partial charge in [0.2, 0.25) is 5.89 Å². The van der Waals surface area contributed by atoms with E-state index in [1.165, 1.54) is 25.7 Å². The summed E-state index contributed by atoms with van der Waals surface area (Å²) < 4.78 is 5.36. The first-order valence-electron chi connectivity index (χ1n) is 7.12. The van der Waals surface area contributed by atoms with E-state index in [-0.39, 0.29) is 5.54 Å². The Bertz CT molecular complexity index is 421. The third kappa shape index (κ3) is 2.44. The first-order valence-corrected chi connectivity index (χ1v) is 7.12. The number of aromatic nitrogens is 2. The molecule has 4 nitrogen and oxygen atoms in total. The van der Waals surface area contributed by atoms with Crippen molar-refractivity contribution in [3.8, 4) is 0 Å².